The Bertz CT molecular complexity index is 842. The number of amides is 1. The van der Waals surface area contributed by atoms with E-state index in [1.54, 1.807) is 12.0 Å². The van der Waals surface area contributed by atoms with Crippen LogP contribution in [0.1, 0.15) is 24.8 Å². The van der Waals surface area contributed by atoms with Crippen molar-refractivity contribution in [2.45, 2.75) is 30.2 Å². The van der Waals surface area contributed by atoms with Gasteiger partial charge in [-0.2, -0.15) is 0 Å². The molecular weight excluding hydrogens is 330 g/mol. The molecule has 1 saturated carbocycles. The van der Waals surface area contributed by atoms with Crippen LogP contribution in [-0.2, 0) is 19.7 Å². The molecule has 1 atom stereocenters. The largest absolute Gasteiger partial charge is 0.497 e. The average Bonchev–Trinajstić information content (AvgIpc) is 3.41. The SMILES string of the molecule is COC(=O)C1(c2ccccc2)CC2(CC2)N(c2ccc(OC)cc2)C1=O. The van der Waals surface area contributed by atoms with Crippen LogP contribution >= 0.6 is 0 Å². The predicted octanol–water partition coefficient (Wildman–Crippen LogP) is 3.08. The molecular formula is C21H21NO4. The summed E-state index contributed by atoms with van der Waals surface area (Å²) in [6.07, 6.45) is 2.22. The second-order valence-electron chi connectivity index (χ2n) is 7.00. The van der Waals surface area contributed by atoms with Crippen LogP contribution in [0, 0.1) is 0 Å². The van der Waals surface area contributed by atoms with Crippen LogP contribution < -0.4 is 9.64 Å². The minimum absolute atomic E-state index is 0.210. The molecule has 0 aromatic heterocycles. The molecule has 1 aliphatic carbocycles. The van der Waals surface area contributed by atoms with Crippen molar-refractivity contribution in [1.29, 1.82) is 0 Å². The van der Waals surface area contributed by atoms with Crippen molar-refractivity contribution in [2.24, 2.45) is 0 Å². The average molecular weight is 351 g/mol. The molecule has 0 N–H and O–H groups in total. The molecule has 0 bridgehead atoms. The number of ether oxygens (including phenoxy) is 2. The molecule has 134 valence electrons. The van der Waals surface area contributed by atoms with Gasteiger partial charge in [0.1, 0.15) is 5.75 Å². The van der Waals surface area contributed by atoms with Crippen LogP contribution in [0.4, 0.5) is 5.69 Å². The van der Waals surface area contributed by atoms with E-state index >= 15 is 0 Å². The molecule has 5 heteroatoms. The zero-order valence-corrected chi connectivity index (χ0v) is 14.9. The van der Waals surface area contributed by atoms with E-state index in [1.165, 1.54) is 7.11 Å². The Balaban J connectivity index is 1.83. The maximum absolute atomic E-state index is 13.6. The van der Waals surface area contributed by atoms with Crippen molar-refractivity contribution in [2.75, 3.05) is 19.1 Å². The van der Waals surface area contributed by atoms with Crippen LogP contribution in [0.5, 0.6) is 5.75 Å². The Morgan fingerprint density at radius 2 is 1.65 bits per heavy atom. The molecule has 4 rings (SSSR count). The summed E-state index contributed by atoms with van der Waals surface area (Å²) < 4.78 is 10.3. The fourth-order valence-corrected chi connectivity index (χ4v) is 4.12. The van der Waals surface area contributed by atoms with Crippen LogP contribution in [0.15, 0.2) is 54.6 Å². The molecule has 0 radical (unpaired) electrons. The second-order valence-corrected chi connectivity index (χ2v) is 7.00. The van der Waals surface area contributed by atoms with Crippen molar-refractivity contribution in [3.63, 3.8) is 0 Å². The smallest absolute Gasteiger partial charge is 0.326 e. The molecule has 2 aromatic carbocycles. The Hall–Kier alpha value is -2.82. The molecule has 1 heterocycles. The van der Waals surface area contributed by atoms with E-state index < -0.39 is 11.4 Å². The van der Waals surface area contributed by atoms with E-state index in [0.29, 0.717) is 12.0 Å². The van der Waals surface area contributed by atoms with Crippen molar-refractivity contribution in [1.82, 2.24) is 0 Å². The van der Waals surface area contributed by atoms with Gasteiger partial charge in [-0.1, -0.05) is 30.3 Å². The quantitative estimate of drug-likeness (QED) is 0.627. The molecule has 2 fully saturated rings. The molecule has 2 aliphatic rings. The van der Waals surface area contributed by atoms with Gasteiger partial charge in [0.2, 0.25) is 5.91 Å². The van der Waals surface area contributed by atoms with Gasteiger partial charge in [-0.15, -0.1) is 0 Å². The van der Waals surface area contributed by atoms with Gasteiger partial charge in [-0.25, -0.2) is 0 Å². The normalized spacial score (nSPS) is 23.2. The number of hydrogen-bond acceptors (Lipinski definition) is 4. The number of nitrogens with zero attached hydrogens (tertiary/aromatic N) is 1. The van der Waals surface area contributed by atoms with E-state index in [0.717, 1.165) is 24.3 Å². The standard InChI is InChI=1S/C21H21NO4/c1-25-17-10-8-16(9-11-17)22-18(23)21(19(24)26-2,14-20(22)12-13-20)15-6-4-3-5-7-15/h3-11H,12-14H2,1-2H3. The highest BCUT2D eigenvalue weighted by atomic mass is 16.5. The topological polar surface area (TPSA) is 55.8 Å². The molecule has 26 heavy (non-hydrogen) atoms. The number of carbonyl (C=O) groups excluding carboxylic acids is 2. The minimum atomic E-state index is -1.29. The lowest BCUT2D eigenvalue weighted by atomic mass is 9.77. The highest BCUT2D eigenvalue weighted by molar-refractivity contribution is 6.18. The third-order valence-corrected chi connectivity index (χ3v) is 5.59. The molecule has 1 saturated heterocycles. The minimum Gasteiger partial charge on any atom is -0.497 e. The Kier molecular flexibility index (Phi) is 3.75. The van der Waals surface area contributed by atoms with Gasteiger partial charge in [0.15, 0.2) is 5.41 Å². The lowest BCUT2D eigenvalue weighted by Gasteiger charge is -2.26. The third-order valence-electron chi connectivity index (χ3n) is 5.59. The molecule has 5 nitrogen and oxygen atoms in total. The summed E-state index contributed by atoms with van der Waals surface area (Å²) in [4.78, 5) is 28.3. The summed E-state index contributed by atoms with van der Waals surface area (Å²) >= 11 is 0. The van der Waals surface area contributed by atoms with E-state index in [4.69, 9.17) is 9.47 Å². The zero-order valence-electron chi connectivity index (χ0n) is 14.9. The number of benzene rings is 2. The first-order valence-corrected chi connectivity index (χ1v) is 8.70. The van der Waals surface area contributed by atoms with Crippen molar-refractivity contribution >= 4 is 17.6 Å². The van der Waals surface area contributed by atoms with Gasteiger partial charge in [0, 0.05) is 17.6 Å². The van der Waals surface area contributed by atoms with E-state index in [-0.39, 0.29) is 11.4 Å². The monoisotopic (exact) mass is 351 g/mol. The van der Waals surface area contributed by atoms with Gasteiger partial charge >= 0.3 is 5.97 Å². The van der Waals surface area contributed by atoms with Gasteiger partial charge in [-0.05, 0) is 42.7 Å². The van der Waals surface area contributed by atoms with Crippen LogP contribution in [-0.4, -0.2) is 31.6 Å². The number of hydrogen-bond donors (Lipinski definition) is 0. The highest BCUT2D eigenvalue weighted by Gasteiger charge is 2.69. The fourth-order valence-electron chi connectivity index (χ4n) is 4.12. The Morgan fingerprint density at radius 1 is 1.00 bits per heavy atom. The summed E-state index contributed by atoms with van der Waals surface area (Å²) in [5.74, 6) is 0.0294. The number of anilines is 1. The predicted molar refractivity (Wildman–Crippen MR) is 97.2 cm³/mol. The number of methoxy groups -OCH3 is 2. The van der Waals surface area contributed by atoms with E-state index in [2.05, 4.69) is 0 Å². The van der Waals surface area contributed by atoms with E-state index in [1.807, 2.05) is 54.6 Å². The van der Waals surface area contributed by atoms with Crippen molar-refractivity contribution in [3.05, 3.63) is 60.2 Å². The first-order chi connectivity index (χ1) is 12.6. The Labute approximate surface area is 152 Å². The lowest BCUT2D eigenvalue weighted by molar-refractivity contribution is -0.150. The van der Waals surface area contributed by atoms with Crippen molar-refractivity contribution in [3.8, 4) is 5.75 Å². The lowest BCUT2D eigenvalue weighted by Crippen LogP contribution is -2.45. The van der Waals surface area contributed by atoms with E-state index in [9.17, 15) is 9.59 Å². The summed E-state index contributed by atoms with van der Waals surface area (Å²) in [6, 6.07) is 16.7. The van der Waals surface area contributed by atoms with Crippen LogP contribution in [0.2, 0.25) is 0 Å². The maximum Gasteiger partial charge on any atom is 0.326 e. The van der Waals surface area contributed by atoms with Gasteiger partial charge in [0.05, 0.1) is 14.2 Å². The first-order valence-electron chi connectivity index (χ1n) is 8.70. The van der Waals surface area contributed by atoms with Gasteiger partial charge in [0.25, 0.3) is 0 Å². The molecule has 1 amide bonds. The number of esters is 1. The van der Waals surface area contributed by atoms with Gasteiger partial charge < -0.3 is 14.4 Å². The fraction of sp³-hybridized carbons (Fsp3) is 0.333. The summed E-state index contributed by atoms with van der Waals surface area (Å²) in [7, 11) is 2.95. The molecule has 1 spiro atoms. The van der Waals surface area contributed by atoms with Gasteiger partial charge in [-0.3, -0.25) is 9.59 Å². The summed E-state index contributed by atoms with van der Waals surface area (Å²) in [5, 5.41) is 0. The van der Waals surface area contributed by atoms with Crippen molar-refractivity contribution < 1.29 is 19.1 Å². The van der Waals surface area contributed by atoms with Crippen LogP contribution in [0.3, 0.4) is 0 Å². The highest BCUT2D eigenvalue weighted by Crippen LogP contribution is 2.58. The molecule has 1 unspecified atom stereocenters. The summed E-state index contributed by atoms with van der Waals surface area (Å²) in [5.41, 5.74) is -0.114. The molecule has 1 aliphatic heterocycles. The number of rotatable bonds is 4. The number of carbonyl (C=O) groups is 2. The Morgan fingerprint density at radius 3 is 2.19 bits per heavy atom. The maximum atomic E-state index is 13.6. The summed E-state index contributed by atoms with van der Waals surface area (Å²) in [6.45, 7) is 0. The first kappa shape index (κ1) is 16.6. The zero-order chi connectivity index (χ0) is 18.4. The third kappa shape index (κ3) is 2.23. The second kappa shape index (κ2) is 5.87. The molecule has 2 aromatic rings. The van der Waals surface area contributed by atoms with Crippen LogP contribution in [0.25, 0.3) is 0 Å².